The molecule has 0 unspecified atom stereocenters. The molecule has 0 atom stereocenters. The van der Waals surface area contributed by atoms with Gasteiger partial charge in [-0.05, 0) is 36.6 Å². The SMILES string of the molecule is COc1ccc(CN2CCN(C(=O)c3cnc4c(c3)c(=O)[nH]c(=O)n4C3CC3)CC2)cc1F. The lowest BCUT2D eigenvalue weighted by Gasteiger charge is -2.34. The van der Waals surface area contributed by atoms with E-state index in [0.717, 1.165) is 18.4 Å². The molecule has 1 saturated heterocycles. The van der Waals surface area contributed by atoms with Gasteiger partial charge in [0.25, 0.3) is 11.5 Å². The van der Waals surface area contributed by atoms with E-state index < -0.39 is 17.1 Å². The van der Waals surface area contributed by atoms with Gasteiger partial charge in [-0.15, -0.1) is 0 Å². The standard InChI is InChI=1S/C23H24FN5O4/c1-33-19-5-2-14(10-18(19)24)13-27-6-8-28(9-7-27)22(31)15-11-17-20(25-12-15)29(16-3-4-16)23(32)26-21(17)30/h2,5,10-12,16H,3-4,6-9,13H2,1H3,(H,26,30,32). The molecule has 33 heavy (non-hydrogen) atoms. The fraction of sp³-hybridized carbons (Fsp3) is 0.391. The van der Waals surface area contributed by atoms with Crippen LogP contribution in [0.15, 0.2) is 40.1 Å². The summed E-state index contributed by atoms with van der Waals surface area (Å²) in [6.07, 6.45) is 3.18. The van der Waals surface area contributed by atoms with Crippen molar-refractivity contribution in [1.29, 1.82) is 0 Å². The van der Waals surface area contributed by atoms with Gasteiger partial charge in [0.1, 0.15) is 5.65 Å². The molecule has 0 radical (unpaired) electrons. The van der Waals surface area contributed by atoms with Gasteiger partial charge in [0.05, 0.1) is 18.1 Å². The highest BCUT2D eigenvalue weighted by Gasteiger charge is 2.28. The first-order valence-corrected chi connectivity index (χ1v) is 10.9. The summed E-state index contributed by atoms with van der Waals surface area (Å²) in [7, 11) is 1.43. The maximum Gasteiger partial charge on any atom is 0.330 e. The third kappa shape index (κ3) is 4.13. The number of carbonyl (C=O) groups is 1. The van der Waals surface area contributed by atoms with Gasteiger partial charge >= 0.3 is 5.69 Å². The number of hydrogen-bond donors (Lipinski definition) is 1. The van der Waals surface area contributed by atoms with E-state index in [2.05, 4.69) is 14.9 Å². The summed E-state index contributed by atoms with van der Waals surface area (Å²) in [5, 5.41) is 0.243. The number of carbonyl (C=O) groups excluding carboxylic acids is 1. The summed E-state index contributed by atoms with van der Waals surface area (Å²) < 4.78 is 20.4. The molecule has 1 aliphatic heterocycles. The summed E-state index contributed by atoms with van der Waals surface area (Å²) in [5.41, 5.74) is 0.479. The Kier molecular flexibility index (Phi) is 5.45. The molecule has 1 aromatic carbocycles. The van der Waals surface area contributed by atoms with E-state index in [-0.39, 0.29) is 23.1 Å². The van der Waals surface area contributed by atoms with E-state index >= 15 is 0 Å². The average Bonchev–Trinajstić information content (AvgIpc) is 3.64. The molecule has 3 aromatic rings. The molecule has 1 aliphatic carbocycles. The highest BCUT2D eigenvalue weighted by Crippen LogP contribution is 2.34. The van der Waals surface area contributed by atoms with Gasteiger partial charge in [0.2, 0.25) is 0 Å². The van der Waals surface area contributed by atoms with Crippen LogP contribution >= 0.6 is 0 Å². The molecule has 172 valence electrons. The van der Waals surface area contributed by atoms with Gasteiger partial charge in [-0.3, -0.25) is 24.0 Å². The molecular weight excluding hydrogens is 429 g/mol. The second kappa shape index (κ2) is 8.43. The Bertz CT molecular complexity index is 1340. The third-order valence-electron chi connectivity index (χ3n) is 6.22. The van der Waals surface area contributed by atoms with Crippen LogP contribution in [0.25, 0.3) is 11.0 Å². The van der Waals surface area contributed by atoms with Crippen molar-refractivity contribution >= 4 is 16.9 Å². The Morgan fingerprint density at radius 2 is 1.94 bits per heavy atom. The number of aromatic nitrogens is 3. The van der Waals surface area contributed by atoms with Crippen LogP contribution in [0.1, 0.15) is 34.8 Å². The molecule has 1 saturated carbocycles. The lowest BCUT2D eigenvalue weighted by atomic mass is 10.1. The maximum absolute atomic E-state index is 13.9. The maximum atomic E-state index is 13.9. The first-order chi connectivity index (χ1) is 15.9. The molecule has 1 amide bonds. The van der Waals surface area contributed by atoms with Crippen molar-refractivity contribution in [3.8, 4) is 5.75 Å². The number of methoxy groups -OCH3 is 1. The Hall–Kier alpha value is -3.53. The van der Waals surface area contributed by atoms with Crippen LogP contribution in [0.3, 0.4) is 0 Å². The van der Waals surface area contributed by atoms with E-state index in [4.69, 9.17) is 4.74 Å². The van der Waals surface area contributed by atoms with E-state index in [1.807, 2.05) is 6.07 Å². The molecular formula is C23H24FN5O4. The minimum atomic E-state index is -0.536. The summed E-state index contributed by atoms with van der Waals surface area (Å²) in [5.74, 6) is -0.385. The Morgan fingerprint density at radius 1 is 1.18 bits per heavy atom. The zero-order valence-electron chi connectivity index (χ0n) is 18.2. The molecule has 0 bridgehead atoms. The van der Waals surface area contributed by atoms with Crippen molar-refractivity contribution in [2.24, 2.45) is 0 Å². The summed E-state index contributed by atoms with van der Waals surface area (Å²) in [6, 6.07) is 6.49. The minimum absolute atomic E-state index is 0.0538. The molecule has 5 rings (SSSR count). The van der Waals surface area contributed by atoms with Gasteiger partial charge in [-0.25, -0.2) is 14.2 Å². The van der Waals surface area contributed by atoms with Crippen LogP contribution in [0, 0.1) is 5.82 Å². The van der Waals surface area contributed by atoms with E-state index in [1.54, 1.807) is 11.0 Å². The number of rotatable bonds is 5. The van der Waals surface area contributed by atoms with Crippen molar-refractivity contribution in [2.45, 2.75) is 25.4 Å². The van der Waals surface area contributed by atoms with Crippen molar-refractivity contribution in [1.82, 2.24) is 24.3 Å². The second-order valence-electron chi connectivity index (χ2n) is 8.49. The minimum Gasteiger partial charge on any atom is -0.494 e. The van der Waals surface area contributed by atoms with Crippen LogP contribution < -0.4 is 16.0 Å². The zero-order chi connectivity index (χ0) is 23.1. The number of H-pyrrole nitrogens is 1. The van der Waals surface area contributed by atoms with Gasteiger partial charge in [-0.2, -0.15) is 0 Å². The van der Waals surface area contributed by atoms with Gasteiger partial charge < -0.3 is 9.64 Å². The Morgan fingerprint density at radius 3 is 2.61 bits per heavy atom. The summed E-state index contributed by atoms with van der Waals surface area (Å²) in [6.45, 7) is 2.87. The number of hydrogen-bond acceptors (Lipinski definition) is 6. The van der Waals surface area contributed by atoms with Crippen LogP contribution in [0.5, 0.6) is 5.75 Å². The number of amides is 1. The fourth-order valence-corrected chi connectivity index (χ4v) is 4.28. The molecule has 2 fully saturated rings. The fourth-order valence-electron chi connectivity index (χ4n) is 4.28. The van der Waals surface area contributed by atoms with Crippen LogP contribution in [-0.4, -0.2) is 63.5 Å². The molecule has 10 heteroatoms. The zero-order valence-corrected chi connectivity index (χ0v) is 18.2. The smallest absolute Gasteiger partial charge is 0.330 e. The number of pyridine rings is 1. The van der Waals surface area contributed by atoms with Gasteiger partial charge in [0, 0.05) is 45.0 Å². The largest absolute Gasteiger partial charge is 0.494 e. The average molecular weight is 453 g/mol. The Labute approximate surface area is 188 Å². The topological polar surface area (TPSA) is 101 Å². The molecule has 0 spiro atoms. The van der Waals surface area contributed by atoms with Crippen molar-refractivity contribution in [3.05, 3.63) is 68.2 Å². The van der Waals surface area contributed by atoms with Crippen molar-refractivity contribution in [3.63, 3.8) is 0 Å². The predicted octanol–water partition coefficient (Wildman–Crippen LogP) is 1.53. The summed E-state index contributed by atoms with van der Waals surface area (Å²) >= 11 is 0. The molecule has 1 N–H and O–H groups in total. The highest BCUT2D eigenvalue weighted by atomic mass is 19.1. The molecule has 2 aromatic heterocycles. The third-order valence-corrected chi connectivity index (χ3v) is 6.22. The number of nitrogens with one attached hydrogen (secondary N) is 1. The van der Waals surface area contributed by atoms with Gasteiger partial charge in [-0.1, -0.05) is 6.07 Å². The Balaban J connectivity index is 1.28. The van der Waals surface area contributed by atoms with Gasteiger partial charge in [0.15, 0.2) is 11.6 Å². The predicted molar refractivity (Wildman–Crippen MR) is 119 cm³/mol. The quantitative estimate of drug-likeness (QED) is 0.629. The van der Waals surface area contributed by atoms with Crippen LogP contribution in [-0.2, 0) is 6.54 Å². The van der Waals surface area contributed by atoms with E-state index in [9.17, 15) is 18.8 Å². The number of aromatic amines is 1. The molecule has 2 aliphatic rings. The van der Waals surface area contributed by atoms with Crippen LogP contribution in [0.4, 0.5) is 4.39 Å². The number of ether oxygens (including phenoxy) is 1. The van der Waals surface area contributed by atoms with Crippen LogP contribution in [0.2, 0.25) is 0 Å². The normalized spacial score (nSPS) is 16.8. The lowest BCUT2D eigenvalue weighted by molar-refractivity contribution is 0.0628. The van der Waals surface area contributed by atoms with E-state index in [0.29, 0.717) is 43.9 Å². The first kappa shape index (κ1) is 21.3. The summed E-state index contributed by atoms with van der Waals surface area (Å²) in [4.78, 5) is 48.1. The number of fused-ring (bicyclic) bond motifs is 1. The first-order valence-electron chi connectivity index (χ1n) is 10.9. The second-order valence-corrected chi connectivity index (χ2v) is 8.49. The number of piperazine rings is 1. The van der Waals surface area contributed by atoms with Crippen molar-refractivity contribution < 1.29 is 13.9 Å². The molecule has 3 heterocycles. The highest BCUT2D eigenvalue weighted by molar-refractivity contribution is 5.96. The number of benzene rings is 1. The number of nitrogens with zero attached hydrogens (tertiary/aromatic N) is 4. The van der Waals surface area contributed by atoms with E-state index in [1.165, 1.54) is 30.0 Å². The number of halogens is 1. The molecule has 9 nitrogen and oxygen atoms in total. The lowest BCUT2D eigenvalue weighted by Crippen LogP contribution is -2.48. The van der Waals surface area contributed by atoms with Crippen molar-refractivity contribution in [2.75, 3.05) is 33.3 Å². The monoisotopic (exact) mass is 453 g/mol.